The van der Waals surface area contributed by atoms with Crippen LogP contribution in [0.4, 0.5) is 0 Å². The normalized spacial score (nSPS) is 17.2. The minimum absolute atomic E-state index is 0.149. The maximum Gasteiger partial charge on any atom is 0.261 e. The van der Waals surface area contributed by atoms with Crippen LogP contribution in [0.15, 0.2) is 52.1 Å². The molecule has 7 heteroatoms. The van der Waals surface area contributed by atoms with Crippen LogP contribution in [-0.2, 0) is 7.05 Å². The van der Waals surface area contributed by atoms with Gasteiger partial charge in [0, 0.05) is 38.4 Å². The smallest absolute Gasteiger partial charge is 0.261 e. The predicted molar refractivity (Wildman–Crippen MR) is 91.2 cm³/mol. The first-order valence-corrected chi connectivity index (χ1v) is 8.17. The summed E-state index contributed by atoms with van der Waals surface area (Å²) in [5, 5.41) is 0. The number of nitrogens with one attached hydrogen (secondary N) is 1. The summed E-state index contributed by atoms with van der Waals surface area (Å²) < 4.78 is 7.24. The van der Waals surface area contributed by atoms with Crippen LogP contribution in [0.2, 0.25) is 0 Å². The van der Waals surface area contributed by atoms with E-state index in [9.17, 15) is 9.59 Å². The van der Waals surface area contributed by atoms with Gasteiger partial charge in [-0.3, -0.25) is 9.59 Å². The zero-order valence-corrected chi connectivity index (χ0v) is 13.8. The number of amides is 1. The molecule has 0 spiro atoms. The Balaban J connectivity index is 1.54. The van der Waals surface area contributed by atoms with Crippen molar-refractivity contribution in [2.24, 2.45) is 7.05 Å². The molecule has 0 bridgehead atoms. The number of aryl methyl sites for hydroxylation is 1. The summed E-state index contributed by atoms with van der Waals surface area (Å²) in [6.45, 7) is 1.19. The number of carbonyl (C=O) groups is 1. The molecule has 3 aromatic rings. The molecule has 0 saturated carbocycles. The second-order valence-corrected chi connectivity index (χ2v) is 6.23. The van der Waals surface area contributed by atoms with Crippen molar-refractivity contribution in [2.45, 2.75) is 12.3 Å². The fourth-order valence-electron chi connectivity index (χ4n) is 3.31. The lowest BCUT2D eigenvalue weighted by atomic mass is 10.1. The molecular weight excluding hydrogens is 320 g/mol. The molecule has 4 rings (SSSR count). The van der Waals surface area contributed by atoms with Crippen molar-refractivity contribution in [1.82, 2.24) is 19.4 Å². The molecule has 25 heavy (non-hydrogen) atoms. The highest BCUT2D eigenvalue weighted by atomic mass is 16.3. The second kappa shape index (κ2) is 6.08. The van der Waals surface area contributed by atoms with Gasteiger partial charge in [0.15, 0.2) is 0 Å². The van der Waals surface area contributed by atoms with E-state index in [1.54, 1.807) is 35.4 Å². The summed E-state index contributed by atoms with van der Waals surface area (Å²) in [5.74, 6) is 1.49. The molecule has 0 radical (unpaired) electrons. The highest BCUT2D eigenvalue weighted by Crippen LogP contribution is 2.26. The fraction of sp³-hybridized carbons (Fsp3) is 0.278. The minimum Gasteiger partial charge on any atom is -0.463 e. The number of aromatic amines is 1. The molecule has 1 aliphatic rings. The number of pyridine rings is 1. The van der Waals surface area contributed by atoms with E-state index in [1.807, 2.05) is 17.8 Å². The molecule has 0 aromatic carbocycles. The van der Waals surface area contributed by atoms with Crippen LogP contribution >= 0.6 is 0 Å². The number of nitrogens with zero attached hydrogens (tertiary/aromatic N) is 3. The monoisotopic (exact) mass is 338 g/mol. The lowest BCUT2D eigenvalue weighted by Crippen LogP contribution is -2.33. The Morgan fingerprint density at radius 3 is 2.92 bits per heavy atom. The lowest BCUT2D eigenvalue weighted by Gasteiger charge is -2.16. The van der Waals surface area contributed by atoms with Gasteiger partial charge in [-0.25, -0.2) is 4.98 Å². The first kappa shape index (κ1) is 15.4. The van der Waals surface area contributed by atoms with Crippen LogP contribution in [0.5, 0.6) is 0 Å². The number of H-pyrrole nitrogens is 1. The summed E-state index contributed by atoms with van der Waals surface area (Å²) in [4.78, 5) is 33.9. The topological polar surface area (TPSA) is 84.1 Å². The predicted octanol–water partition coefficient (Wildman–Crippen LogP) is 2.00. The molecule has 3 aromatic heterocycles. The number of hydrogen-bond donors (Lipinski definition) is 1. The van der Waals surface area contributed by atoms with Crippen molar-refractivity contribution >= 4 is 5.91 Å². The zero-order chi connectivity index (χ0) is 17.4. The molecule has 0 aliphatic carbocycles. The Bertz CT molecular complexity index is 955. The third-order valence-corrected chi connectivity index (χ3v) is 4.63. The average molecular weight is 338 g/mol. The van der Waals surface area contributed by atoms with Crippen molar-refractivity contribution in [3.8, 4) is 11.5 Å². The van der Waals surface area contributed by atoms with Crippen LogP contribution in [-0.4, -0.2) is 38.4 Å². The number of likely N-dealkylation sites (tertiary alicyclic amines) is 1. The van der Waals surface area contributed by atoms with Gasteiger partial charge in [-0.05, 0) is 30.7 Å². The third-order valence-electron chi connectivity index (χ3n) is 4.63. The number of rotatable bonds is 3. The number of imidazole rings is 1. The van der Waals surface area contributed by atoms with Crippen LogP contribution in [0.25, 0.3) is 11.5 Å². The van der Waals surface area contributed by atoms with Crippen molar-refractivity contribution in [3.05, 3.63) is 64.7 Å². The highest BCUT2D eigenvalue weighted by molar-refractivity contribution is 5.94. The quantitative estimate of drug-likeness (QED) is 0.791. The molecule has 1 atom stereocenters. The summed E-state index contributed by atoms with van der Waals surface area (Å²) >= 11 is 0. The van der Waals surface area contributed by atoms with E-state index in [0.29, 0.717) is 24.5 Å². The van der Waals surface area contributed by atoms with Crippen LogP contribution < -0.4 is 5.56 Å². The van der Waals surface area contributed by atoms with E-state index < -0.39 is 5.56 Å². The molecule has 1 amide bonds. The second-order valence-electron chi connectivity index (χ2n) is 6.23. The van der Waals surface area contributed by atoms with Crippen molar-refractivity contribution < 1.29 is 9.21 Å². The largest absolute Gasteiger partial charge is 0.463 e. The number of aromatic nitrogens is 3. The van der Waals surface area contributed by atoms with Crippen LogP contribution in [0, 0.1) is 0 Å². The van der Waals surface area contributed by atoms with Gasteiger partial charge >= 0.3 is 0 Å². The van der Waals surface area contributed by atoms with E-state index in [2.05, 4.69) is 9.97 Å². The molecule has 7 nitrogen and oxygen atoms in total. The third kappa shape index (κ3) is 2.77. The summed E-state index contributed by atoms with van der Waals surface area (Å²) in [5.41, 5.74) is 0.300. The SMILES string of the molecule is Cn1ccnc1C1CCN(C(=O)c2ccc(-c3ccco3)[nH]c2=O)C1. The van der Waals surface area contributed by atoms with E-state index in [0.717, 1.165) is 12.2 Å². The Morgan fingerprint density at radius 1 is 1.36 bits per heavy atom. The summed E-state index contributed by atoms with van der Waals surface area (Å²) in [6, 6.07) is 6.76. The molecule has 128 valence electrons. The molecule has 1 saturated heterocycles. The van der Waals surface area contributed by atoms with Gasteiger partial charge < -0.3 is 18.9 Å². The molecule has 1 unspecified atom stereocenters. The van der Waals surface area contributed by atoms with Gasteiger partial charge in [0.05, 0.1) is 12.0 Å². The highest BCUT2D eigenvalue weighted by Gasteiger charge is 2.31. The average Bonchev–Trinajstić information content (AvgIpc) is 3.35. The standard InChI is InChI=1S/C18H18N4O3/c1-21-9-7-19-16(21)12-6-8-22(11-12)18(24)13-4-5-14(20-17(13)23)15-3-2-10-25-15/h2-5,7,9-10,12H,6,8,11H2,1H3,(H,20,23). The van der Waals surface area contributed by atoms with Gasteiger partial charge in [0.25, 0.3) is 11.5 Å². The summed E-state index contributed by atoms with van der Waals surface area (Å²) in [6.07, 6.45) is 6.05. The number of furan rings is 1. The van der Waals surface area contributed by atoms with Crippen molar-refractivity contribution in [3.63, 3.8) is 0 Å². The number of hydrogen-bond acceptors (Lipinski definition) is 4. The van der Waals surface area contributed by atoms with Gasteiger partial charge in [-0.1, -0.05) is 0 Å². The Labute approximate surface area is 143 Å². The van der Waals surface area contributed by atoms with Gasteiger partial charge in [-0.2, -0.15) is 0 Å². The Hall–Kier alpha value is -3.09. The lowest BCUT2D eigenvalue weighted by molar-refractivity contribution is 0.0788. The maximum atomic E-state index is 12.7. The van der Waals surface area contributed by atoms with E-state index >= 15 is 0 Å². The first-order valence-electron chi connectivity index (χ1n) is 8.17. The Morgan fingerprint density at radius 2 is 2.24 bits per heavy atom. The van der Waals surface area contributed by atoms with Gasteiger partial charge in [0.2, 0.25) is 0 Å². The fourth-order valence-corrected chi connectivity index (χ4v) is 3.31. The molecular formula is C18H18N4O3. The van der Waals surface area contributed by atoms with Crippen molar-refractivity contribution in [1.29, 1.82) is 0 Å². The molecule has 1 aliphatic heterocycles. The van der Waals surface area contributed by atoms with E-state index in [1.165, 1.54) is 6.26 Å². The maximum absolute atomic E-state index is 12.7. The van der Waals surface area contributed by atoms with E-state index in [-0.39, 0.29) is 17.4 Å². The Kier molecular flexibility index (Phi) is 3.76. The van der Waals surface area contributed by atoms with Crippen LogP contribution in [0.1, 0.15) is 28.5 Å². The molecule has 1 N–H and O–H groups in total. The zero-order valence-electron chi connectivity index (χ0n) is 13.8. The minimum atomic E-state index is -0.403. The number of carbonyl (C=O) groups excluding carboxylic acids is 1. The summed E-state index contributed by atoms with van der Waals surface area (Å²) in [7, 11) is 1.95. The van der Waals surface area contributed by atoms with Gasteiger partial charge in [-0.15, -0.1) is 0 Å². The first-order chi connectivity index (χ1) is 12.1. The molecule has 4 heterocycles. The van der Waals surface area contributed by atoms with E-state index in [4.69, 9.17) is 4.42 Å². The van der Waals surface area contributed by atoms with Crippen molar-refractivity contribution in [2.75, 3.05) is 13.1 Å². The van der Waals surface area contributed by atoms with Gasteiger partial charge in [0.1, 0.15) is 17.1 Å². The van der Waals surface area contributed by atoms with Crippen LogP contribution in [0.3, 0.4) is 0 Å². The molecule has 1 fully saturated rings.